The van der Waals surface area contributed by atoms with Crippen LogP contribution in [-0.2, 0) is 6.61 Å². The first-order valence-electron chi connectivity index (χ1n) is 6.63. The number of aliphatic hydroxyl groups excluding tert-OH is 1. The molecule has 106 valence electrons. The summed E-state index contributed by atoms with van der Waals surface area (Å²) in [4.78, 5) is 0. The molecule has 0 fully saturated rings. The van der Waals surface area contributed by atoms with E-state index < -0.39 is 6.10 Å². The molecular formula is C17H19BrO2. The average Bonchev–Trinajstić information content (AvgIpc) is 2.35. The first kappa shape index (κ1) is 15.1. The van der Waals surface area contributed by atoms with Crippen LogP contribution in [0.15, 0.2) is 40.9 Å². The fraction of sp³-hybridized carbons (Fsp3) is 0.294. The van der Waals surface area contributed by atoms with Crippen molar-refractivity contribution in [3.63, 3.8) is 0 Å². The SMILES string of the molecule is Cc1cc(C)cc(COc2cc(Br)ccc2C(C)O)c1. The highest BCUT2D eigenvalue weighted by Gasteiger charge is 2.10. The highest BCUT2D eigenvalue weighted by atomic mass is 79.9. The summed E-state index contributed by atoms with van der Waals surface area (Å²) in [5, 5.41) is 9.79. The van der Waals surface area contributed by atoms with Crippen LogP contribution in [0.2, 0.25) is 0 Å². The number of halogens is 1. The van der Waals surface area contributed by atoms with Gasteiger partial charge in [0, 0.05) is 10.0 Å². The maximum Gasteiger partial charge on any atom is 0.126 e. The molecule has 0 aliphatic carbocycles. The minimum Gasteiger partial charge on any atom is -0.488 e. The molecule has 2 aromatic carbocycles. The lowest BCUT2D eigenvalue weighted by Gasteiger charge is -2.14. The van der Waals surface area contributed by atoms with Crippen LogP contribution in [0.4, 0.5) is 0 Å². The van der Waals surface area contributed by atoms with Gasteiger partial charge in [-0.1, -0.05) is 51.3 Å². The van der Waals surface area contributed by atoms with Crippen molar-refractivity contribution >= 4 is 15.9 Å². The van der Waals surface area contributed by atoms with Crippen molar-refractivity contribution in [3.8, 4) is 5.75 Å². The van der Waals surface area contributed by atoms with Gasteiger partial charge in [-0.25, -0.2) is 0 Å². The second kappa shape index (κ2) is 6.42. The van der Waals surface area contributed by atoms with Gasteiger partial charge in [0.05, 0.1) is 6.10 Å². The lowest BCUT2D eigenvalue weighted by Crippen LogP contribution is -2.01. The quantitative estimate of drug-likeness (QED) is 0.878. The third-order valence-electron chi connectivity index (χ3n) is 3.10. The Hall–Kier alpha value is -1.32. The van der Waals surface area contributed by atoms with Crippen molar-refractivity contribution in [2.75, 3.05) is 0 Å². The smallest absolute Gasteiger partial charge is 0.126 e. The zero-order chi connectivity index (χ0) is 14.7. The van der Waals surface area contributed by atoms with Crippen molar-refractivity contribution in [1.29, 1.82) is 0 Å². The van der Waals surface area contributed by atoms with Crippen molar-refractivity contribution in [3.05, 3.63) is 63.1 Å². The van der Waals surface area contributed by atoms with Crippen molar-refractivity contribution in [2.24, 2.45) is 0 Å². The predicted octanol–water partition coefficient (Wildman–Crippen LogP) is 4.70. The fourth-order valence-electron chi connectivity index (χ4n) is 2.29. The zero-order valence-corrected chi connectivity index (χ0v) is 13.6. The molecule has 0 amide bonds. The van der Waals surface area contributed by atoms with Crippen molar-refractivity contribution < 1.29 is 9.84 Å². The molecule has 2 aromatic rings. The van der Waals surface area contributed by atoms with E-state index in [4.69, 9.17) is 4.74 Å². The van der Waals surface area contributed by atoms with Crippen LogP contribution >= 0.6 is 15.9 Å². The first-order chi connectivity index (χ1) is 9.45. The first-order valence-corrected chi connectivity index (χ1v) is 7.42. The number of rotatable bonds is 4. The van der Waals surface area contributed by atoms with E-state index in [2.05, 4.69) is 48.0 Å². The summed E-state index contributed by atoms with van der Waals surface area (Å²) in [6.07, 6.45) is -0.544. The maximum atomic E-state index is 9.79. The molecule has 0 aromatic heterocycles. The van der Waals surface area contributed by atoms with Gasteiger partial charge in [0.15, 0.2) is 0 Å². The van der Waals surface area contributed by atoms with Crippen LogP contribution in [0, 0.1) is 13.8 Å². The summed E-state index contributed by atoms with van der Waals surface area (Å²) >= 11 is 3.43. The second-order valence-electron chi connectivity index (χ2n) is 5.14. The number of benzene rings is 2. The molecule has 20 heavy (non-hydrogen) atoms. The minimum atomic E-state index is -0.544. The molecule has 0 heterocycles. The van der Waals surface area contributed by atoms with E-state index in [9.17, 15) is 5.11 Å². The van der Waals surface area contributed by atoms with Gasteiger partial charge in [0.2, 0.25) is 0 Å². The molecule has 0 spiro atoms. The van der Waals surface area contributed by atoms with Gasteiger partial charge in [-0.15, -0.1) is 0 Å². The second-order valence-corrected chi connectivity index (χ2v) is 6.06. The summed E-state index contributed by atoms with van der Waals surface area (Å²) in [7, 11) is 0. The monoisotopic (exact) mass is 334 g/mol. The number of aliphatic hydroxyl groups is 1. The van der Waals surface area contributed by atoms with E-state index in [1.54, 1.807) is 6.92 Å². The molecule has 0 radical (unpaired) electrons. The van der Waals surface area contributed by atoms with E-state index >= 15 is 0 Å². The Kier molecular flexibility index (Phi) is 4.84. The average molecular weight is 335 g/mol. The van der Waals surface area contributed by atoms with Crippen molar-refractivity contribution in [1.82, 2.24) is 0 Å². The number of ether oxygens (including phenoxy) is 1. The molecule has 1 atom stereocenters. The van der Waals surface area contributed by atoms with Crippen molar-refractivity contribution in [2.45, 2.75) is 33.5 Å². The molecule has 0 aliphatic rings. The van der Waals surface area contributed by atoms with Gasteiger partial charge in [0.25, 0.3) is 0 Å². The molecule has 2 rings (SSSR count). The normalized spacial score (nSPS) is 12.2. The summed E-state index contributed by atoms with van der Waals surface area (Å²) in [6, 6.07) is 12.1. The van der Waals surface area contributed by atoms with Gasteiger partial charge >= 0.3 is 0 Å². The van der Waals surface area contributed by atoms with Gasteiger partial charge in [-0.05, 0) is 38.5 Å². The van der Waals surface area contributed by atoms with E-state index in [1.165, 1.54) is 11.1 Å². The van der Waals surface area contributed by atoms with Gasteiger partial charge < -0.3 is 9.84 Å². The Bertz CT molecular complexity index is 586. The highest BCUT2D eigenvalue weighted by Crippen LogP contribution is 2.29. The molecule has 3 heteroatoms. The molecule has 1 unspecified atom stereocenters. The Morgan fingerprint density at radius 2 is 1.75 bits per heavy atom. The van der Waals surface area contributed by atoms with Gasteiger partial charge in [-0.2, -0.15) is 0 Å². The summed E-state index contributed by atoms with van der Waals surface area (Å²) in [6.45, 7) is 6.40. The Labute approximate surface area is 128 Å². The number of aryl methyl sites for hydroxylation is 2. The topological polar surface area (TPSA) is 29.5 Å². The Morgan fingerprint density at radius 3 is 2.35 bits per heavy atom. The lowest BCUT2D eigenvalue weighted by molar-refractivity contribution is 0.190. The van der Waals surface area contributed by atoms with Gasteiger partial charge in [0.1, 0.15) is 12.4 Å². The Balaban J connectivity index is 2.20. The fourth-order valence-corrected chi connectivity index (χ4v) is 2.63. The van der Waals surface area contributed by atoms with Crippen LogP contribution in [0.1, 0.15) is 35.3 Å². The van der Waals surface area contributed by atoms with E-state index in [1.807, 2.05) is 18.2 Å². The molecule has 2 nitrogen and oxygen atoms in total. The molecule has 0 bridgehead atoms. The number of hydrogen-bond donors (Lipinski definition) is 1. The van der Waals surface area contributed by atoms with Crippen LogP contribution < -0.4 is 4.74 Å². The summed E-state index contributed by atoms with van der Waals surface area (Å²) in [5.41, 5.74) is 4.40. The van der Waals surface area contributed by atoms with Crippen LogP contribution in [0.3, 0.4) is 0 Å². The van der Waals surface area contributed by atoms with E-state index in [0.29, 0.717) is 12.4 Å². The van der Waals surface area contributed by atoms with E-state index in [-0.39, 0.29) is 0 Å². The Morgan fingerprint density at radius 1 is 1.10 bits per heavy atom. The lowest BCUT2D eigenvalue weighted by atomic mass is 10.1. The van der Waals surface area contributed by atoms with Crippen LogP contribution in [-0.4, -0.2) is 5.11 Å². The molecule has 0 aliphatic heterocycles. The zero-order valence-electron chi connectivity index (χ0n) is 12.0. The third kappa shape index (κ3) is 3.84. The molecule has 0 saturated carbocycles. The van der Waals surface area contributed by atoms with E-state index in [0.717, 1.165) is 15.6 Å². The highest BCUT2D eigenvalue weighted by molar-refractivity contribution is 9.10. The molecular weight excluding hydrogens is 316 g/mol. The minimum absolute atomic E-state index is 0.499. The predicted molar refractivity (Wildman–Crippen MR) is 85.0 cm³/mol. The number of hydrogen-bond acceptors (Lipinski definition) is 2. The molecule has 0 saturated heterocycles. The van der Waals surface area contributed by atoms with Crippen LogP contribution in [0.25, 0.3) is 0 Å². The van der Waals surface area contributed by atoms with Crippen LogP contribution in [0.5, 0.6) is 5.75 Å². The maximum absolute atomic E-state index is 9.79. The summed E-state index contributed by atoms with van der Waals surface area (Å²) in [5.74, 6) is 0.716. The summed E-state index contributed by atoms with van der Waals surface area (Å²) < 4.78 is 6.83. The standard InChI is InChI=1S/C17H19BrO2/c1-11-6-12(2)8-14(7-11)10-20-17-9-15(18)4-5-16(17)13(3)19/h4-9,13,19H,10H2,1-3H3. The third-order valence-corrected chi connectivity index (χ3v) is 3.59. The molecule has 1 N–H and O–H groups in total. The largest absolute Gasteiger partial charge is 0.488 e. The van der Waals surface area contributed by atoms with Gasteiger partial charge in [-0.3, -0.25) is 0 Å².